The summed E-state index contributed by atoms with van der Waals surface area (Å²) in [6, 6.07) is 0. The van der Waals surface area contributed by atoms with Crippen LogP contribution in [0.25, 0.3) is 0 Å². The molecule has 0 bridgehead atoms. The van der Waals surface area contributed by atoms with Gasteiger partial charge in [-0.15, -0.1) is 0 Å². The van der Waals surface area contributed by atoms with Gasteiger partial charge >= 0.3 is 16.8 Å². The number of hydrogen-bond donors (Lipinski definition) is 0. The molecule has 0 unspecified atom stereocenters. The third-order valence-corrected chi connectivity index (χ3v) is 0.321. The minimum Gasteiger partial charge on any atom is -0.541 e. The first-order chi connectivity index (χ1) is 2.77. The van der Waals surface area contributed by atoms with E-state index in [1.54, 1.807) is 0 Å². The Morgan fingerprint density at radius 3 is 2.14 bits per heavy atom. The summed E-state index contributed by atoms with van der Waals surface area (Å²) in [6.07, 6.45) is 1.40. The first-order valence-corrected chi connectivity index (χ1v) is 1.62. The Balaban J connectivity index is 0. The largest absolute Gasteiger partial charge is 2.00 e. The second kappa shape index (κ2) is 5.85. The van der Waals surface area contributed by atoms with E-state index in [2.05, 4.69) is 0 Å². The van der Waals surface area contributed by atoms with E-state index in [-0.39, 0.29) is 29.0 Å². The van der Waals surface area contributed by atoms with Crippen LogP contribution in [0.1, 0.15) is 13.3 Å². The van der Waals surface area contributed by atoms with E-state index >= 15 is 0 Å². The molecule has 41 valence electrons. The third kappa shape index (κ3) is 10.7. The van der Waals surface area contributed by atoms with Gasteiger partial charge in [0.15, 0.2) is 0 Å². The predicted octanol–water partition coefficient (Wildman–Crippen LogP) is 0.0727. The fraction of sp³-hybridized carbons (Fsp3) is 0.500. The molecule has 0 amide bonds. The summed E-state index contributed by atoms with van der Waals surface area (Å²) in [5.41, 5.74) is 0. The van der Waals surface area contributed by atoms with Crippen molar-refractivity contribution in [1.29, 1.82) is 0 Å². The van der Waals surface area contributed by atoms with Crippen LogP contribution >= 0.6 is 0 Å². The predicted molar refractivity (Wildman–Crippen MR) is 21.0 cm³/mol. The molecule has 1 radical (unpaired) electrons. The number of carbonyl (C=O) groups excluding carboxylic acids is 2. The molecule has 0 spiro atoms. The molecule has 3 heteroatoms. The van der Waals surface area contributed by atoms with Gasteiger partial charge in [0.1, 0.15) is 5.78 Å². The van der Waals surface area contributed by atoms with Gasteiger partial charge in [0.2, 0.25) is 0 Å². The number of carbonyl (C=O) groups is 1. The van der Waals surface area contributed by atoms with Crippen LogP contribution < -0.4 is 0 Å². The molecule has 0 aromatic heterocycles. The van der Waals surface area contributed by atoms with Gasteiger partial charge in [-0.25, -0.2) is 0 Å². The number of rotatable bonds is 2. The summed E-state index contributed by atoms with van der Waals surface area (Å²) in [5.74, 6) is -0.134. The van der Waals surface area contributed by atoms with Gasteiger partial charge in [-0.05, 0) is 6.92 Å². The zero-order chi connectivity index (χ0) is 4.99. The maximum Gasteiger partial charge on any atom is 2.00 e. The van der Waals surface area contributed by atoms with Crippen molar-refractivity contribution in [2.45, 2.75) is 13.3 Å². The molecule has 0 aliphatic heterocycles. The average molecular weight is 144 g/mol. The summed E-state index contributed by atoms with van der Waals surface area (Å²) in [4.78, 5) is 19.1. The second-order valence-electron chi connectivity index (χ2n) is 1.02. The Hall–Kier alpha value is -0.154. The van der Waals surface area contributed by atoms with Crippen LogP contribution in [0.2, 0.25) is 0 Å². The van der Waals surface area contributed by atoms with Crippen molar-refractivity contribution < 1.29 is 26.4 Å². The molecule has 0 aromatic carbocycles. The summed E-state index contributed by atoms with van der Waals surface area (Å²) in [5, 5.41) is 0. The molecule has 7 heavy (non-hydrogen) atoms. The van der Waals surface area contributed by atoms with Crippen molar-refractivity contribution in [1.82, 2.24) is 0 Å². The van der Waals surface area contributed by atoms with E-state index in [0.29, 0.717) is 0 Å². The van der Waals surface area contributed by atoms with Crippen LogP contribution in [-0.4, -0.2) is 12.1 Å². The average Bonchev–Trinajstić information content (AvgIpc) is 1.35. The molecule has 0 saturated heterocycles. The van der Waals surface area contributed by atoms with E-state index in [1.807, 2.05) is 0 Å². The Morgan fingerprint density at radius 1 is 1.71 bits per heavy atom. The number of ketones is 1. The maximum atomic E-state index is 9.78. The molecule has 0 aromatic rings. The van der Waals surface area contributed by atoms with Crippen LogP contribution in [0.5, 0.6) is 0 Å². The number of hydrogen-bond acceptors (Lipinski definition) is 2. The summed E-state index contributed by atoms with van der Waals surface area (Å²) in [6.45, 7) is 1.35. The van der Waals surface area contributed by atoms with Crippen LogP contribution in [0.3, 0.4) is 0 Å². The van der Waals surface area contributed by atoms with Crippen molar-refractivity contribution in [2.75, 3.05) is 0 Å². The summed E-state index contributed by atoms with van der Waals surface area (Å²) >= 11 is 0. The van der Waals surface area contributed by atoms with Gasteiger partial charge in [0, 0.05) is 0 Å². The molecule has 2 nitrogen and oxygen atoms in total. The van der Waals surface area contributed by atoms with Gasteiger partial charge in [-0.2, -0.15) is 0 Å². The molecule has 0 fully saturated rings. The molecule has 0 N–H and O–H groups in total. The van der Waals surface area contributed by atoms with E-state index in [9.17, 15) is 9.59 Å². The minimum absolute atomic E-state index is 0. The van der Waals surface area contributed by atoms with Crippen molar-refractivity contribution in [3.63, 3.8) is 0 Å². The van der Waals surface area contributed by atoms with Gasteiger partial charge in [-0.3, -0.25) is 6.29 Å². The zero-order valence-electron chi connectivity index (χ0n) is 3.86. The monoisotopic (exact) mass is 144 g/mol. The van der Waals surface area contributed by atoms with E-state index in [4.69, 9.17) is 0 Å². The van der Waals surface area contributed by atoms with E-state index in [1.165, 1.54) is 13.2 Å². The van der Waals surface area contributed by atoms with Crippen molar-refractivity contribution in [2.24, 2.45) is 0 Å². The molecule has 0 aliphatic rings. The third-order valence-electron chi connectivity index (χ3n) is 0.321. The van der Waals surface area contributed by atoms with Gasteiger partial charge < -0.3 is 9.59 Å². The molecule has 0 rings (SSSR count). The second-order valence-corrected chi connectivity index (χ2v) is 1.02. The molecule has 0 atom stereocenters. The minimum atomic E-state index is -0.134. The quantitative estimate of drug-likeness (QED) is 0.406. The first kappa shape index (κ1) is 9.96. The summed E-state index contributed by atoms with van der Waals surface area (Å²) < 4.78 is 0. The Morgan fingerprint density at radius 2 is 2.14 bits per heavy atom. The van der Waals surface area contributed by atoms with Crippen LogP contribution in [-0.2, 0) is 26.4 Å². The SMILES string of the molecule is CC(=O)C[C-]=O.[Co+2]. The topological polar surface area (TPSA) is 34.1 Å². The smallest absolute Gasteiger partial charge is 0.541 e. The standard InChI is InChI=1S/C4H5O2.Co/c1-4(6)2-3-5;/h2H2,1H3;/q-1;+2. The number of Topliss-reactive ketones (excluding diaryl/α,β-unsaturated/α-hetero) is 1. The Bertz CT molecular complexity index is 70.1. The van der Waals surface area contributed by atoms with Gasteiger partial charge in [0.05, 0.1) is 0 Å². The van der Waals surface area contributed by atoms with E-state index < -0.39 is 0 Å². The van der Waals surface area contributed by atoms with E-state index in [0.717, 1.165) is 0 Å². The van der Waals surface area contributed by atoms with Crippen LogP contribution in [0, 0.1) is 0 Å². The Kier molecular flexibility index (Phi) is 8.32. The molecule has 0 heterocycles. The fourth-order valence-corrected chi connectivity index (χ4v) is 0.102. The molecule has 0 saturated carbocycles. The van der Waals surface area contributed by atoms with Crippen molar-refractivity contribution in [3.8, 4) is 0 Å². The van der Waals surface area contributed by atoms with Gasteiger partial charge in [0.25, 0.3) is 0 Å². The fourth-order valence-electron chi connectivity index (χ4n) is 0.102. The molecule has 0 aliphatic carbocycles. The van der Waals surface area contributed by atoms with Crippen LogP contribution in [0.4, 0.5) is 0 Å². The van der Waals surface area contributed by atoms with Gasteiger partial charge in [-0.1, -0.05) is 6.42 Å². The Labute approximate surface area is 52.5 Å². The first-order valence-electron chi connectivity index (χ1n) is 1.62. The normalized spacial score (nSPS) is 6.43. The van der Waals surface area contributed by atoms with Crippen molar-refractivity contribution in [3.05, 3.63) is 0 Å². The molecular weight excluding hydrogens is 139 g/mol. The summed E-state index contributed by atoms with van der Waals surface area (Å²) in [7, 11) is 0. The maximum absolute atomic E-state index is 9.78. The van der Waals surface area contributed by atoms with Crippen molar-refractivity contribution >= 4 is 12.1 Å². The zero-order valence-corrected chi connectivity index (χ0v) is 4.90. The molecular formula is C4H5CoO2+. The van der Waals surface area contributed by atoms with Crippen LogP contribution in [0.15, 0.2) is 0 Å².